The van der Waals surface area contributed by atoms with Gasteiger partial charge in [-0.3, -0.25) is 4.79 Å². The molecule has 4 rings (SSSR count). The third kappa shape index (κ3) is 3.97. The zero-order valence-corrected chi connectivity index (χ0v) is 18.8. The molecule has 1 aliphatic heterocycles. The van der Waals surface area contributed by atoms with E-state index >= 15 is 0 Å². The predicted octanol–water partition coefficient (Wildman–Crippen LogP) is 5.78. The highest BCUT2D eigenvalue weighted by Gasteiger charge is 2.32. The van der Waals surface area contributed by atoms with Gasteiger partial charge in [0.25, 0.3) is 0 Å². The maximum Gasteiger partial charge on any atom is 0.207 e. The fraction of sp³-hybridized carbons (Fsp3) is 0.227. The monoisotopic (exact) mass is 469 g/mol. The summed E-state index contributed by atoms with van der Waals surface area (Å²) in [7, 11) is 1.66. The Balaban J connectivity index is 1.75. The number of aryl methyl sites for hydroxylation is 1. The van der Waals surface area contributed by atoms with Crippen LogP contribution < -0.4 is 9.75 Å². The summed E-state index contributed by atoms with van der Waals surface area (Å²) in [5.41, 5.74) is 3.95. The molecule has 29 heavy (non-hydrogen) atoms. The van der Waals surface area contributed by atoms with Crippen LogP contribution in [0.1, 0.15) is 45.9 Å². The van der Waals surface area contributed by atoms with Crippen LogP contribution in [0.5, 0.6) is 5.75 Å². The number of hydrogen-bond donors (Lipinski definition) is 0. The van der Waals surface area contributed by atoms with E-state index in [2.05, 4.69) is 45.2 Å². The van der Waals surface area contributed by atoms with E-state index in [0.717, 1.165) is 44.3 Å². The van der Waals surface area contributed by atoms with Crippen LogP contribution in [-0.2, 0) is 0 Å². The number of hydrogen-bond acceptors (Lipinski definition) is 6. The number of ether oxygens (including phenoxy) is 1. The maximum atomic E-state index is 11.9. The molecule has 2 heterocycles. The number of ketones is 1. The van der Waals surface area contributed by atoms with Crippen molar-refractivity contribution in [3.63, 3.8) is 0 Å². The normalized spacial score (nSPS) is 16.1. The quantitative estimate of drug-likeness (QED) is 0.444. The molecule has 0 amide bonds. The van der Waals surface area contributed by atoms with Crippen molar-refractivity contribution in [2.24, 2.45) is 5.10 Å². The van der Waals surface area contributed by atoms with Crippen LogP contribution in [0.25, 0.3) is 0 Å². The van der Waals surface area contributed by atoms with E-state index in [0.29, 0.717) is 4.88 Å². The van der Waals surface area contributed by atoms with Gasteiger partial charge in [-0.05, 0) is 42.3 Å². The third-order valence-electron chi connectivity index (χ3n) is 4.89. The molecule has 1 aliphatic rings. The second-order valence-corrected chi connectivity index (χ2v) is 8.75. The molecule has 0 unspecified atom stereocenters. The third-order valence-corrected chi connectivity index (χ3v) is 6.67. The molecular formula is C22H20BrN3O2S. The van der Waals surface area contributed by atoms with Crippen molar-refractivity contribution >= 4 is 43.9 Å². The molecule has 0 bridgehead atoms. The molecule has 0 N–H and O–H groups in total. The number of halogens is 1. The van der Waals surface area contributed by atoms with Gasteiger partial charge < -0.3 is 4.74 Å². The molecule has 5 nitrogen and oxygen atoms in total. The van der Waals surface area contributed by atoms with Gasteiger partial charge in [-0.25, -0.2) is 9.99 Å². The van der Waals surface area contributed by atoms with Crippen LogP contribution in [0.15, 0.2) is 58.1 Å². The van der Waals surface area contributed by atoms with Crippen molar-refractivity contribution in [3.05, 3.63) is 74.7 Å². The number of carbonyl (C=O) groups is 1. The summed E-state index contributed by atoms with van der Waals surface area (Å²) < 4.78 is 6.33. The molecule has 0 saturated heterocycles. The summed E-state index contributed by atoms with van der Waals surface area (Å²) in [6.45, 7) is 3.44. The maximum absolute atomic E-state index is 11.9. The molecule has 0 radical (unpaired) electrons. The second-order valence-electron chi connectivity index (χ2n) is 6.86. The standard InChI is InChI=1S/C22H20BrN3O2S/c1-13-21(14(2)27)29-22(24-13)26-20(16-6-10-18(28-3)11-7-16)12-19(25-26)15-4-8-17(23)9-5-15/h4-11,20H,12H2,1-3H3/t20-/m0/s1. The van der Waals surface area contributed by atoms with E-state index < -0.39 is 0 Å². The molecule has 0 spiro atoms. The number of nitrogens with zero attached hydrogens (tertiary/aromatic N) is 3. The van der Waals surface area contributed by atoms with Gasteiger partial charge >= 0.3 is 0 Å². The van der Waals surface area contributed by atoms with E-state index in [4.69, 9.17) is 9.84 Å². The Kier molecular flexibility index (Phi) is 5.52. The molecular weight excluding hydrogens is 450 g/mol. The highest BCUT2D eigenvalue weighted by Crippen LogP contribution is 2.39. The Morgan fingerprint density at radius 2 is 1.86 bits per heavy atom. The van der Waals surface area contributed by atoms with Crippen LogP contribution in [0.2, 0.25) is 0 Å². The van der Waals surface area contributed by atoms with Gasteiger partial charge in [0, 0.05) is 17.8 Å². The average molecular weight is 470 g/mol. The Bertz CT molecular complexity index is 1070. The number of anilines is 1. The number of hydrazone groups is 1. The summed E-state index contributed by atoms with van der Waals surface area (Å²) in [5, 5.41) is 7.60. The lowest BCUT2D eigenvalue weighted by atomic mass is 9.98. The number of benzene rings is 2. The van der Waals surface area contributed by atoms with Crippen LogP contribution in [0.3, 0.4) is 0 Å². The molecule has 7 heteroatoms. The molecule has 0 aliphatic carbocycles. The van der Waals surface area contributed by atoms with Crippen molar-refractivity contribution in [1.29, 1.82) is 0 Å². The molecule has 0 fully saturated rings. The van der Waals surface area contributed by atoms with Crippen molar-refractivity contribution in [2.45, 2.75) is 26.3 Å². The van der Waals surface area contributed by atoms with Crippen molar-refractivity contribution in [3.8, 4) is 5.75 Å². The number of rotatable bonds is 5. The highest BCUT2D eigenvalue weighted by atomic mass is 79.9. The van der Waals surface area contributed by atoms with Gasteiger partial charge in [-0.15, -0.1) is 0 Å². The summed E-state index contributed by atoms with van der Waals surface area (Å²) >= 11 is 4.88. The van der Waals surface area contributed by atoms with E-state index in [1.807, 2.05) is 36.2 Å². The minimum atomic E-state index is 0.00455. The number of thiazole rings is 1. The Morgan fingerprint density at radius 3 is 2.45 bits per heavy atom. The summed E-state index contributed by atoms with van der Waals surface area (Å²) in [5.74, 6) is 0.847. The van der Waals surface area contributed by atoms with Gasteiger partial charge in [0.05, 0.1) is 29.4 Å². The summed E-state index contributed by atoms with van der Waals surface area (Å²) in [4.78, 5) is 17.3. The summed E-state index contributed by atoms with van der Waals surface area (Å²) in [6, 6.07) is 16.2. The topological polar surface area (TPSA) is 54.8 Å². The van der Waals surface area contributed by atoms with Crippen molar-refractivity contribution in [1.82, 2.24) is 4.98 Å². The van der Waals surface area contributed by atoms with Crippen LogP contribution in [0.4, 0.5) is 5.13 Å². The minimum absolute atomic E-state index is 0.00455. The van der Waals surface area contributed by atoms with E-state index in [9.17, 15) is 4.79 Å². The first-order valence-corrected chi connectivity index (χ1v) is 10.8. The first-order chi connectivity index (χ1) is 14.0. The molecule has 148 valence electrons. The molecule has 1 atom stereocenters. The molecule has 0 saturated carbocycles. The van der Waals surface area contributed by atoms with Crippen LogP contribution >= 0.6 is 27.3 Å². The smallest absolute Gasteiger partial charge is 0.207 e. The predicted molar refractivity (Wildman–Crippen MR) is 120 cm³/mol. The van der Waals surface area contributed by atoms with Gasteiger partial charge in [0.2, 0.25) is 5.13 Å². The number of carbonyl (C=O) groups excluding carboxylic acids is 1. The Labute approximate surface area is 182 Å². The number of Topliss-reactive ketones (excluding diaryl/α,β-unsaturated/α-hetero) is 1. The fourth-order valence-corrected chi connectivity index (χ4v) is 4.62. The van der Waals surface area contributed by atoms with Gasteiger partial charge in [-0.2, -0.15) is 5.10 Å². The molecule has 1 aromatic heterocycles. The van der Waals surface area contributed by atoms with Crippen molar-refractivity contribution < 1.29 is 9.53 Å². The Hall–Kier alpha value is -2.51. The zero-order chi connectivity index (χ0) is 20.5. The number of methoxy groups -OCH3 is 1. The first kappa shape index (κ1) is 19.8. The first-order valence-electron chi connectivity index (χ1n) is 9.21. The lowest BCUT2D eigenvalue weighted by Crippen LogP contribution is -2.18. The molecule has 3 aromatic rings. The largest absolute Gasteiger partial charge is 0.497 e. The zero-order valence-electron chi connectivity index (χ0n) is 16.3. The average Bonchev–Trinajstić information content (AvgIpc) is 3.32. The lowest BCUT2D eigenvalue weighted by molar-refractivity contribution is 0.102. The van der Waals surface area contributed by atoms with E-state index in [-0.39, 0.29) is 11.8 Å². The van der Waals surface area contributed by atoms with Crippen LogP contribution in [-0.4, -0.2) is 23.6 Å². The van der Waals surface area contributed by atoms with E-state index in [1.54, 1.807) is 14.0 Å². The van der Waals surface area contributed by atoms with Gasteiger partial charge in [-0.1, -0.05) is 51.5 Å². The van der Waals surface area contributed by atoms with Gasteiger partial charge in [0.1, 0.15) is 5.75 Å². The SMILES string of the molecule is COc1ccc([C@@H]2CC(c3ccc(Br)cc3)=NN2c2nc(C)c(C(C)=O)s2)cc1. The lowest BCUT2D eigenvalue weighted by Gasteiger charge is -2.21. The van der Waals surface area contributed by atoms with Crippen molar-refractivity contribution in [2.75, 3.05) is 12.1 Å². The number of aromatic nitrogens is 1. The van der Waals surface area contributed by atoms with E-state index in [1.165, 1.54) is 11.3 Å². The highest BCUT2D eigenvalue weighted by molar-refractivity contribution is 9.10. The second kappa shape index (κ2) is 8.08. The minimum Gasteiger partial charge on any atom is -0.497 e. The van der Waals surface area contributed by atoms with Gasteiger partial charge in [0.15, 0.2) is 5.78 Å². The van der Waals surface area contributed by atoms with Crippen LogP contribution in [0, 0.1) is 6.92 Å². The molecule has 2 aromatic carbocycles. The Morgan fingerprint density at radius 1 is 1.17 bits per heavy atom. The fourth-order valence-electron chi connectivity index (χ4n) is 3.40. The summed E-state index contributed by atoms with van der Waals surface area (Å²) in [6.07, 6.45) is 0.752.